The van der Waals surface area contributed by atoms with Gasteiger partial charge in [-0.1, -0.05) is 41.9 Å². The molecule has 0 aliphatic heterocycles. The maximum Gasteiger partial charge on any atom is 0.161 e. The van der Waals surface area contributed by atoms with E-state index in [2.05, 4.69) is 54.0 Å². The van der Waals surface area contributed by atoms with E-state index < -0.39 is 0 Å². The zero-order chi connectivity index (χ0) is 20.5. The third kappa shape index (κ3) is 6.06. The van der Waals surface area contributed by atoms with Crippen molar-refractivity contribution >= 4 is 15.9 Å². The Hall–Kier alpha value is -1.88. The highest BCUT2D eigenvalue weighted by molar-refractivity contribution is 9.09. The molecule has 2 atom stereocenters. The van der Waals surface area contributed by atoms with E-state index in [-0.39, 0.29) is 0 Å². The van der Waals surface area contributed by atoms with E-state index >= 15 is 0 Å². The monoisotopic (exact) mass is 450 g/mol. The molecule has 2 aromatic carbocycles. The van der Waals surface area contributed by atoms with Crippen molar-refractivity contribution < 1.29 is 18.9 Å². The van der Waals surface area contributed by atoms with Gasteiger partial charge in [-0.3, -0.25) is 0 Å². The normalized spacial score (nSPS) is 12.9. The number of hydrogen-bond donors (Lipinski definition) is 0. The minimum Gasteiger partial charge on any atom is -0.493 e. The van der Waals surface area contributed by atoms with Crippen molar-refractivity contribution in [1.29, 1.82) is 0 Å². The highest BCUT2D eigenvalue weighted by Crippen LogP contribution is 2.32. The van der Waals surface area contributed by atoms with Crippen LogP contribution in [0.3, 0.4) is 0 Å². The molecule has 0 aromatic heterocycles. The summed E-state index contributed by atoms with van der Waals surface area (Å²) in [6.45, 7) is 5.22. The molecule has 0 saturated heterocycles. The van der Waals surface area contributed by atoms with Gasteiger partial charge in [0.1, 0.15) is 0 Å². The van der Waals surface area contributed by atoms with Gasteiger partial charge in [-0.05, 0) is 60.1 Å². The summed E-state index contributed by atoms with van der Waals surface area (Å²) >= 11 is 3.38. The van der Waals surface area contributed by atoms with E-state index in [9.17, 15) is 0 Å². The summed E-state index contributed by atoms with van der Waals surface area (Å²) in [5.41, 5.74) is 2.52. The van der Waals surface area contributed by atoms with Gasteiger partial charge in [0.25, 0.3) is 0 Å². The number of ether oxygens (including phenoxy) is 4. The minimum absolute atomic E-state index is 0.520. The quantitative estimate of drug-likeness (QED) is 0.420. The molecule has 154 valence electrons. The van der Waals surface area contributed by atoms with Gasteiger partial charge in [0.05, 0.1) is 27.9 Å². The highest BCUT2D eigenvalue weighted by Gasteiger charge is 2.16. The Morgan fingerprint density at radius 1 is 0.714 bits per heavy atom. The van der Waals surface area contributed by atoms with Crippen LogP contribution in [0.25, 0.3) is 0 Å². The van der Waals surface area contributed by atoms with Crippen LogP contribution in [-0.4, -0.2) is 33.3 Å². The maximum absolute atomic E-state index is 5.71. The summed E-state index contributed by atoms with van der Waals surface area (Å²) in [4.78, 5) is 0. The Labute approximate surface area is 177 Å². The fraction of sp³-hybridized carbons (Fsp3) is 0.478. The first kappa shape index (κ1) is 22.4. The van der Waals surface area contributed by atoms with Gasteiger partial charge < -0.3 is 18.9 Å². The molecule has 2 rings (SSSR count). The van der Waals surface area contributed by atoms with E-state index in [1.165, 1.54) is 11.1 Å². The van der Waals surface area contributed by atoms with E-state index in [1.807, 2.05) is 12.1 Å². The lowest BCUT2D eigenvalue weighted by Gasteiger charge is -2.21. The van der Waals surface area contributed by atoms with Crippen LogP contribution in [0.2, 0.25) is 0 Å². The lowest BCUT2D eigenvalue weighted by atomic mass is 9.85. The summed E-state index contributed by atoms with van der Waals surface area (Å²) < 4.78 is 22.0. The number of halogens is 1. The van der Waals surface area contributed by atoms with Gasteiger partial charge in [0, 0.05) is 5.33 Å². The molecule has 0 bridgehead atoms. The largest absolute Gasteiger partial charge is 0.493 e. The number of methoxy groups -OCH3 is 3. The molecule has 0 fully saturated rings. The molecule has 4 nitrogen and oxygen atoms in total. The molecule has 0 aliphatic carbocycles. The second-order valence-electron chi connectivity index (χ2n) is 7.07. The van der Waals surface area contributed by atoms with Gasteiger partial charge in [0.15, 0.2) is 23.0 Å². The Morgan fingerprint density at radius 3 is 1.64 bits per heavy atom. The Kier molecular flexibility index (Phi) is 8.97. The molecule has 0 aliphatic rings. The number of alkyl halides is 1. The molecular formula is C23H31BrO4. The van der Waals surface area contributed by atoms with Crippen molar-refractivity contribution in [3.05, 3.63) is 47.5 Å². The van der Waals surface area contributed by atoms with Crippen LogP contribution in [0.1, 0.15) is 25.0 Å². The van der Waals surface area contributed by atoms with Crippen molar-refractivity contribution in [2.24, 2.45) is 11.8 Å². The van der Waals surface area contributed by atoms with Crippen molar-refractivity contribution in [3.8, 4) is 23.0 Å². The van der Waals surface area contributed by atoms with Gasteiger partial charge in [-0.2, -0.15) is 0 Å². The van der Waals surface area contributed by atoms with Gasteiger partial charge in [0.2, 0.25) is 0 Å². The van der Waals surface area contributed by atoms with Crippen LogP contribution in [0, 0.1) is 11.8 Å². The molecule has 2 aromatic rings. The Balaban J connectivity index is 2.02. The number of hydrogen-bond acceptors (Lipinski definition) is 4. The average Bonchev–Trinajstić information content (AvgIpc) is 2.72. The highest BCUT2D eigenvalue weighted by atomic mass is 79.9. The first-order valence-electron chi connectivity index (χ1n) is 9.58. The predicted octanol–water partition coefficient (Wildman–Crippen LogP) is 5.54. The van der Waals surface area contributed by atoms with Crippen LogP contribution in [0.15, 0.2) is 36.4 Å². The first-order valence-corrected chi connectivity index (χ1v) is 10.7. The van der Waals surface area contributed by atoms with Crippen LogP contribution < -0.4 is 18.9 Å². The number of rotatable bonds is 11. The Morgan fingerprint density at radius 2 is 1.18 bits per heavy atom. The van der Waals surface area contributed by atoms with Gasteiger partial charge in [-0.25, -0.2) is 0 Å². The molecule has 28 heavy (non-hydrogen) atoms. The van der Waals surface area contributed by atoms with Crippen molar-refractivity contribution in [3.63, 3.8) is 0 Å². The fourth-order valence-corrected chi connectivity index (χ4v) is 3.42. The second kappa shape index (κ2) is 11.2. The maximum atomic E-state index is 5.71. The van der Waals surface area contributed by atoms with Crippen LogP contribution in [-0.2, 0) is 12.8 Å². The SMILES string of the molecule is COc1ccc(C[C@H](C)[C@H](C)Cc2ccc(OCCBr)c(OC)c2)cc1OC. The van der Waals surface area contributed by atoms with Crippen molar-refractivity contribution in [2.45, 2.75) is 26.7 Å². The van der Waals surface area contributed by atoms with Crippen LogP contribution in [0.5, 0.6) is 23.0 Å². The summed E-state index contributed by atoms with van der Waals surface area (Å²) in [5.74, 6) is 4.17. The number of benzene rings is 2. The van der Waals surface area contributed by atoms with Crippen LogP contribution in [0.4, 0.5) is 0 Å². The summed E-state index contributed by atoms with van der Waals surface area (Å²) in [6.07, 6.45) is 1.98. The molecule has 5 heteroatoms. The molecule has 0 N–H and O–H groups in total. The second-order valence-corrected chi connectivity index (χ2v) is 7.87. The lowest BCUT2D eigenvalue weighted by Crippen LogP contribution is -2.14. The van der Waals surface area contributed by atoms with Gasteiger partial charge in [-0.15, -0.1) is 0 Å². The van der Waals surface area contributed by atoms with Gasteiger partial charge >= 0.3 is 0 Å². The third-order valence-electron chi connectivity index (χ3n) is 5.10. The lowest BCUT2D eigenvalue weighted by molar-refractivity contribution is 0.313. The van der Waals surface area contributed by atoms with Crippen molar-refractivity contribution in [2.75, 3.05) is 33.3 Å². The molecule has 0 spiro atoms. The molecule has 0 heterocycles. The molecular weight excluding hydrogens is 420 g/mol. The summed E-state index contributed by atoms with van der Waals surface area (Å²) in [5, 5.41) is 0.794. The summed E-state index contributed by atoms with van der Waals surface area (Å²) in [7, 11) is 5.02. The molecule has 0 amide bonds. The smallest absolute Gasteiger partial charge is 0.161 e. The zero-order valence-electron chi connectivity index (χ0n) is 17.5. The standard InChI is InChI=1S/C23H31BrO4/c1-16(12-18-6-8-20(25-3)22(14-18)26-4)17(2)13-19-7-9-21(28-11-10-24)23(15-19)27-5/h6-9,14-17H,10-13H2,1-5H3/t16-,17+/m0/s1. The minimum atomic E-state index is 0.520. The Bertz CT molecular complexity index is 747. The molecule has 0 saturated carbocycles. The van der Waals surface area contributed by atoms with Crippen molar-refractivity contribution in [1.82, 2.24) is 0 Å². The zero-order valence-corrected chi connectivity index (χ0v) is 19.0. The average molecular weight is 451 g/mol. The molecule has 0 radical (unpaired) electrons. The summed E-state index contributed by atoms with van der Waals surface area (Å²) in [6, 6.07) is 12.4. The van der Waals surface area contributed by atoms with E-state index in [4.69, 9.17) is 18.9 Å². The van der Waals surface area contributed by atoms with Crippen LogP contribution >= 0.6 is 15.9 Å². The van der Waals surface area contributed by atoms with E-state index in [0.29, 0.717) is 18.4 Å². The third-order valence-corrected chi connectivity index (χ3v) is 5.42. The predicted molar refractivity (Wildman–Crippen MR) is 118 cm³/mol. The topological polar surface area (TPSA) is 36.9 Å². The van der Waals surface area contributed by atoms with E-state index in [1.54, 1.807) is 21.3 Å². The molecule has 0 unspecified atom stereocenters. The first-order chi connectivity index (χ1) is 13.5. The van der Waals surface area contributed by atoms with E-state index in [0.717, 1.165) is 41.2 Å². The fourth-order valence-electron chi connectivity index (χ4n) is 3.26.